The average Bonchev–Trinajstić information content (AvgIpc) is 3.53. The maximum atomic E-state index is 12.5. The minimum Gasteiger partial charge on any atom is -0.497 e. The molecule has 174 valence electrons. The van der Waals surface area contributed by atoms with Gasteiger partial charge in [-0.1, -0.05) is 11.8 Å². The number of methoxy groups -OCH3 is 2. The summed E-state index contributed by atoms with van der Waals surface area (Å²) in [6.07, 6.45) is 3.42. The molecular weight excluding hydrogens is 454 g/mol. The fourth-order valence-corrected chi connectivity index (χ4v) is 4.09. The summed E-state index contributed by atoms with van der Waals surface area (Å²) in [6, 6.07) is 18.0. The van der Waals surface area contributed by atoms with Crippen molar-refractivity contribution in [1.82, 2.24) is 9.55 Å². The highest BCUT2D eigenvalue weighted by Crippen LogP contribution is 2.29. The van der Waals surface area contributed by atoms with E-state index in [9.17, 15) is 9.59 Å². The Morgan fingerprint density at radius 3 is 2.47 bits per heavy atom. The van der Waals surface area contributed by atoms with E-state index >= 15 is 0 Å². The van der Waals surface area contributed by atoms with Crippen LogP contribution in [0.1, 0.15) is 16.1 Å². The zero-order valence-corrected chi connectivity index (χ0v) is 19.5. The van der Waals surface area contributed by atoms with Gasteiger partial charge in [0.1, 0.15) is 11.5 Å². The van der Waals surface area contributed by atoms with Crippen LogP contribution < -0.4 is 10.1 Å². The van der Waals surface area contributed by atoms with Gasteiger partial charge < -0.3 is 23.8 Å². The molecule has 2 aromatic carbocycles. The van der Waals surface area contributed by atoms with E-state index in [0.29, 0.717) is 23.0 Å². The molecule has 1 amide bonds. The number of amides is 1. The summed E-state index contributed by atoms with van der Waals surface area (Å²) in [7, 11) is 2.95. The number of hydrogen-bond acceptors (Lipinski definition) is 7. The van der Waals surface area contributed by atoms with Gasteiger partial charge in [0, 0.05) is 11.3 Å². The van der Waals surface area contributed by atoms with Crippen molar-refractivity contribution < 1.29 is 23.5 Å². The quantitative estimate of drug-likeness (QED) is 0.275. The molecule has 2 heterocycles. The molecule has 4 aromatic rings. The third kappa shape index (κ3) is 5.49. The van der Waals surface area contributed by atoms with E-state index < -0.39 is 5.97 Å². The summed E-state index contributed by atoms with van der Waals surface area (Å²) in [5.41, 5.74) is 2.89. The van der Waals surface area contributed by atoms with E-state index in [1.807, 2.05) is 41.0 Å². The van der Waals surface area contributed by atoms with Crippen molar-refractivity contribution in [2.24, 2.45) is 0 Å². The summed E-state index contributed by atoms with van der Waals surface area (Å²) < 4.78 is 17.5. The number of nitrogens with one attached hydrogen (secondary N) is 1. The number of aromatic nitrogens is 2. The van der Waals surface area contributed by atoms with Gasteiger partial charge in [-0.05, 0) is 60.7 Å². The Bertz CT molecular complexity index is 1250. The summed E-state index contributed by atoms with van der Waals surface area (Å²) in [4.78, 5) is 28.7. The van der Waals surface area contributed by atoms with Crippen LogP contribution in [-0.4, -0.2) is 41.4 Å². The molecule has 0 aliphatic carbocycles. The average molecular weight is 478 g/mol. The largest absolute Gasteiger partial charge is 0.497 e. The molecule has 0 saturated heterocycles. The summed E-state index contributed by atoms with van der Waals surface area (Å²) >= 11 is 1.33. The van der Waals surface area contributed by atoms with Crippen molar-refractivity contribution >= 4 is 29.3 Å². The second kappa shape index (κ2) is 10.8. The summed E-state index contributed by atoms with van der Waals surface area (Å²) in [5.74, 6) is 1.10. The Morgan fingerprint density at radius 2 is 1.82 bits per heavy atom. The monoisotopic (exact) mass is 477 g/mol. The number of nitrogens with zero attached hydrogens (tertiary/aromatic N) is 2. The fraction of sp³-hybridized carbons (Fsp3) is 0.160. The molecule has 2 aromatic heterocycles. The predicted molar refractivity (Wildman–Crippen MR) is 129 cm³/mol. The molecule has 1 N–H and O–H groups in total. The lowest BCUT2D eigenvalue weighted by Gasteiger charge is -2.11. The third-order valence-electron chi connectivity index (χ3n) is 5.02. The number of imidazole rings is 1. The van der Waals surface area contributed by atoms with Gasteiger partial charge in [0.25, 0.3) is 0 Å². The maximum Gasteiger partial charge on any atom is 0.337 e. The number of carbonyl (C=O) groups excluding carboxylic acids is 2. The van der Waals surface area contributed by atoms with Gasteiger partial charge in [-0.15, -0.1) is 0 Å². The molecule has 8 nitrogen and oxygen atoms in total. The first-order valence-corrected chi connectivity index (χ1v) is 11.4. The third-order valence-corrected chi connectivity index (χ3v) is 6.01. The van der Waals surface area contributed by atoms with Crippen LogP contribution in [-0.2, 0) is 16.1 Å². The molecule has 0 spiro atoms. The topological polar surface area (TPSA) is 95.6 Å². The molecule has 0 bridgehead atoms. The van der Waals surface area contributed by atoms with Crippen LogP contribution in [0.2, 0.25) is 0 Å². The molecule has 34 heavy (non-hydrogen) atoms. The maximum absolute atomic E-state index is 12.5. The van der Waals surface area contributed by atoms with Crippen LogP contribution in [0, 0.1) is 0 Å². The Balaban J connectivity index is 1.47. The molecule has 0 radical (unpaired) electrons. The lowest BCUT2D eigenvalue weighted by molar-refractivity contribution is -0.113. The molecular formula is C25H23N3O5S. The molecule has 0 aliphatic rings. The number of esters is 1. The standard InChI is InChI=1S/C25H23N3O5S/c1-31-20-11-7-17(8-12-20)22-14-26-25(28(22)15-21-4-3-13-33-21)34-16-23(29)27-19-9-5-18(6-10-19)24(30)32-2/h3-14H,15-16H2,1-2H3,(H,27,29). The molecule has 0 fully saturated rings. The van der Waals surface area contributed by atoms with E-state index in [-0.39, 0.29) is 11.7 Å². The molecule has 0 unspecified atom stereocenters. The number of rotatable bonds is 9. The Kier molecular flexibility index (Phi) is 7.34. The SMILES string of the molecule is COC(=O)c1ccc(NC(=O)CSc2ncc(-c3ccc(OC)cc3)n2Cc2ccco2)cc1. The van der Waals surface area contributed by atoms with E-state index in [4.69, 9.17) is 9.15 Å². The van der Waals surface area contributed by atoms with Crippen LogP contribution in [0.3, 0.4) is 0 Å². The minimum atomic E-state index is -0.426. The fourth-order valence-electron chi connectivity index (χ4n) is 3.31. The lowest BCUT2D eigenvalue weighted by Crippen LogP contribution is -2.15. The normalized spacial score (nSPS) is 10.6. The molecule has 9 heteroatoms. The van der Waals surface area contributed by atoms with Crippen molar-refractivity contribution in [2.75, 3.05) is 25.3 Å². The number of carbonyl (C=O) groups is 2. The van der Waals surface area contributed by atoms with Crippen molar-refractivity contribution in [2.45, 2.75) is 11.7 Å². The highest BCUT2D eigenvalue weighted by molar-refractivity contribution is 7.99. The van der Waals surface area contributed by atoms with E-state index in [0.717, 1.165) is 22.8 Å². The molecule has 0 atom stereocenters. The van der Waals surface area contributed by atoms with E-state index in [2.05, 4.69) is 15.0 Å². The van der Waals surface area contributed by atoms with Crippen LogP contribution in [0.15, 0.2) is 82.7 Å². The van der Waals surface area contributed by atoms with Crippen molar-refractivity contribution in [3.05, 3.63) is 84.4 Å². The number of ether oxygens (including phenoxy) is 2. The summed E-state index contributed by atoms with van der Waals surface area (Å²) in [6.45, 7) is 0.479. The number of hydrogen-bond donors (Lipinski definition) is 1. The second-order valence-electron chi connectivity index (χ2n) is 7.23. The highest BCUT2D eigenvalue weighted by atomic mass is 32.2. The zero-order valence-electron chi connectivity index (χ0n) is 18.7. The first-order chi connectivity index (χ1) is 16.6. The van der Waals surface area contributed by atoms with Crippen molar-refractivity contribution in [1.29, 1.82) is 0 Å². The number of furan rings is 1. The van der Waals surface area contributed by atoms with Crippen LogP contribution in [0.5, 0.6) is 5.75 Å². The van der Waals surface area contributed by atoms with E-state index in [1.165, 1.54) is 18.9 Å². The van der Waals surface area contributed by atoms with Gasteiger partial charge in [0.15, 0.2) is 5.16 Å². The molecule has 0 aliphatic heterocycles. The smallest absolute Gasteiger partial charge is 0.337 e. The Labute approximate surface area is 200 Å². The first-order valence-electron chi connectivity index (χ1n) is 10.4. The van der Waals surface area contributed by atoms with Crippen molar-refractivity contribution in [3.8, 4) is 17.0 Å². The highest BCUT2D eigenvalue weighted by Gasteiger charge is 2.16. The summed E-state index contributed by atoms with van der Waals surface area (Å²) in [5, 5.41) is 3.52. The zero-order chi connectivity index (χ0) is 23.9. The van der Waals surface area contributed by atoms with E-state index in [1.54, 1.807) is 43.8 Å². The second-order valence-corrected chi connectivity index (χ2v) is 8.17. The van der Waals surface area contributed by atoms with Crippen LogP contribution in [0.25, 0.3) is 11.3 Å². The predicted octanol–water partition coefficient (Wildman–Crippen LogP) is 4.72. The van der Waals surface area contributed by atoms with Crippen LogP contribution in [0.4, 0.5) is 5.69 Å². The van der Waals surface area contributed by atoms with Crippen LogP contribution >= 0.6 is 11.8 Å². The Hall–Kier alpha value is -3.98. The van der Waals surface area contributed by atoms with Gasteiger partial charge >= 0.3 is 5.97 Å². The molecule has 0 saturated carbocycles. The van der Waals surface area contributed by atoms with Gasteiger partial charge in [-0.25, -0.2) is 9.78 Å². The first kappa shape index (κ1) is 23.2. The number of benzene rings is 2. The number of anilines is 1. The Morgan fingerprint density at radius 1 is 1.06 bits per heavy atom. The number of thioether (sulfide) groups is 1. The van der Waals surface area contributed by atoms with Gasteiger partial charge in [0.05, 0.1) is 50.2 Å². The van der Waals surface area contributed by atoms with Crippen molar-refractivity contribution in [3.63, 3.8) is 0 Å². The van der Waals surface area contributed by atoms with Gasteiger partial charge in [-0.3, -0.25) is 4.79 Å². The lowest BCUT2D eigenvalue weighted by atomic mass is 10.1. The van der Waals surface area contributed by atoms with Gasteiger partial charge in [-0.2, -0.15) is 0 Å². The minimum absolute atomic E-state index is 0.163. The molecule has 4 rings (SSSR count). The van der Waals surface area contributed by atoms with Gasteiger partial charge in [0.2, 0.25) is 5.91 Å².